The molecule has 0 aromatic heterocycles. The van der Waals surface area contributed by atoms with Gasteiger partial charge in [-0.3, -0.25) is 0 Å². The summed E-state index contributed by atoms with van der Waals surface area (Å²) >= 11 is -2.48. The van der Waals surface area contributed by atoms with E-state index in [2.05, 4.69) is 0 Å². The Bertz CT molecular complexity index is 549. The van der Waals surface area contributed by atoms with Gasteiger partial charge in [0.1, 0.15) is 0 Å². The predicted octanol–water partition coefficient (Wildman–Crippen LogP) is 3.37. The van der Waals surface area contributed by atoms with Crippen molar-refractivity contribution in [2.24, 2.45) is 0 Å². The van der Waals surface area contributed by atoms with Gasteiger partial charge in [0.15, 0.2) is 0 Å². The summed E-state index contributed by atoms with van der Waals surface area (Å²) in [5.41, 5.74) is 1.04. The van der Waals surface area contributed by atoms with Crippen LogP contribution >= 0.6 is 9.69 Å². The van der Waals surface area contributed by atoms with E-state index < -0.39 is 21.6 Å². The third-order valence-electron chi connectivity index (χ3n) is 2.36. The van der Waals surface area contributed by atoms with Gasteiger partial charge in [0.25, 0.3) is 0 Å². The van der Waals surface area contributed by atoms with Gasteiger partial charge in [0, 0.05) is 0 Å². The second-order valence-electron chi connectivity index (χ2n) is 3.65. The van der Waals surface area contributed by atoms with Gasteiger partial charge in [-0.2, -0.15) is 0 Å². The molecule has 0 saturated carbocycles. The molecule has 0 heterocycles. The van der Waals surface area contributed by atoms with Gasteiger partial charge in [-0.1, -0.05) is 0 Å². The number of hydrogen-bond donors (Lipinski definition) is 0. The monoisotopic (exact) mass is 357 g/mol. The van der Waals surface area contributed by atoms with Crippen molar-refractivity contribution in [2.45, 2.75) is 16.3 Å². The van der Waals surface area contributed by atoms with Crippen LogP contribution in [0.5, 0.6) is 0 Å². The van der Waals surface area contributed by atoms with E-state index in [1.165, 1.54) is 0 Å². The first-order valence-electron chi connectivity index (χ1n) is 5.01. The molecule has 0 aliphatic heterocycles. The zero-order valence-electron chi connectivity index (χ0n) is 9.15. The Morgan fingerprint density at radius 2 is 1.65 bits per heavy atom. The molecule has 93 valence electrons. The molecular formula is C12H12ClO2RuS. The summed E-state index contributed by atoms with van der Waals surface area (Å²) in [6.45, 7) is 1.93. The number of rotatable bonds is 3. The Kier molecular flexibility index (Phi) is 3.86. The van der Waals surface area contributed by atoms with Gasteiger partial charge in [0.05, 0.1) is 0 Å². The van der Waals surface area contributed by atoms with Crippen molar-refractivity contribution in [1.29, 1.82) is 0 Å². The van der Waals surface area contributed by atoms with Crippen LogP contribution in [0.15, 0.2) is 53.5 Å². The molecule has 0 fully saturated rings. The van der Waals surface area contributed by atoms with Crippen molar-refractivity contribution in [2.75, 3.05) is 0 Å². The first-order chi connectivity index (χ1) is 8.01. The van der Waals surface area contributed by atoms with Crippen molar-refractivity contribution in [3.8, 4) is 0 Å². The Morgan fingerprint density at radius 3 is 2.18 bits per heavy atom. The molecule has 0 saturated heterocycles. The Hall–Kier alpha value is -0.437. The summed E-state index contributed by atoms with van der Waals surface area (Å²) in [6, 6.07) is 6.87. The molecule has 2 nitrogen and oxygen atoms in total. The van der Waals surface area contributed by atoms with Gasteiger partial charge in [-0.15, -0.1) is 0 Å². The van der Waals surface area contributed by atoms with Gasteiger partial charge in [-0.25, -0.2) is 0 Å². The van der Waals surface area contributed by atoms with Crippen LogP contribution in [0, 0.1) is 6.92 Å². The van der Waals surface area contributed by atoms with Crippen LogP contribution in [0.1, 0.15) is 5.56 Å². The maximum atomic E-state index is 12.3. The Balaban J connectivity index is 2.32. The topological polar surface area (TPSA) is 34.1 Å². The van der Waals surface area contributed by atoms with Crippen LogP contribution in [0.25, 0.3) is 0 Å². The summed E-state index contributed by atoms with van der Waals surface area (Å²) in [5.74, 6) is 0. The van der Waals surface area contributed by atoms with E-state index in [1.807, 2.05) is 31.2 Å². The van der Waals surface area contributed by atoms with Gasteiger partial charge >= 0.3 is 110 Å². The molecule has 1 aliphatic carbocycles. The Morgan fingerprint density at radius 1 is 1.12 bits per heavy atom. The van der Waals surface area contributed by atoms with Crippen LogP contribution in [-0.4, -0.2) is 8.42 Å². The number of halogens is 1. The molecule has 0 unspecified atom stereocenters. The zero-order chi connectivity index (χ0) is 12.5. The summed E-state index contributed by atoms with van der Waals surface area (Å²) in [5, 5.41) is 0. The molecule has 5 heteroatoms. The van der Waals surface area contributed by atoms with Crippen molar-refractivity contribution >= 4 is 17.5 Å². The summed E-state index contributed by atoms with van der Waals surface area (Å²) in [7, 11) is 2.87. The normalized spacial score (nSPS) is 16.5. The molecule has 1 aromatic carbocycles. The Labute approximate surface area is 110 Å². The molecule has 0 atom stereocenters. The minimum atomic E-state index is -3.33. The average molecular weight is 357 g/mol. The fourth-order valence-electron chi connectivity index (χ4n) is 1.41. The maximum absolute atomic E-state index is 12.3. The first-order valence-corrected chi connectivity index (χ1v) is 11.7. The third-order valence-corrected chi connectivity index (χ3v) is 13.8. The molecule has 0 spiro atoms. The molecule has 0 bridgehead atoms. The van der Waals surface area contributed by atoms with E-state index in [1.54, 1.807) is 24.3 Å². The number of hydrogen-bond acceptors (Lipinski definition) is 2. The van der Waals surface area contributed by atoms with Crippen LogP contribution in [0.4, 0.5) is 0 Å². The fourth-order valence-corrected chi connectivity index (χ4v) is 9.33. The van der Waals surface area contributed by atoms with Crippen molar-refractivity contribution in [3.63, 3.8) is 0 Å². The predicted molar refractivity (Wildman–Crippen MR) is 66.2 cm³/mol. The zero-order valence-corrected chi connectivity index (χ0v) is 12.5. The van der Waals surface area contributed by atoms with Crippen molar-refractivity contribution in [1.82, 2.24) is 0 Å². The number of allylic oxidation sites excluding steroid dienone is 4. The molecule has 2 rings (SSSR count). The van der Waals surface area contributed by atoms with Crippen LogP contribution in [-0.2, 0) is 21.6 Å². The molecule has 0 amide bonds. The molecule has 17 heavy (non-hydrogen) atoms. The van der Waals surface area contributed by atoms with E-state index in [0.29, 0.717) is 4.90 Å². The first kappa shape index (κ1) is 13.0. The van der Waals surface area contributed by atoms with Crippen molar-refractivity contribution < 1.29 is 22.2 Å². The second-order valence-corrected chi connectivity index (χ2v) is 14.5. The van der Waals surface area contributed by atoms with Crippen LogP contribution in [0.3, 0.4) is 0 Å². The van der Waals surface area contributed by atoms with Crippen molar-refractivity contribution in [3.05, 3.63) is 54.1 Å². The average Bonchev–Trinajstić information content (AvgIpc) is 2.82. The quantitative estimate of drug-likeness (QED) is 0.778. The molecule has 0 N–H and O–H groups in total. The van der Waals surface area contributed by atoms with Gasteiger partial charge in [-0.05, 0) is 0 Å². The van der Waals surface area contributed by atoms with E-state index >= 15 is 0 Å². The van der Waals surface area contributed by atoms with E-state index in [4.69, 9.17) is 9.69 Å². The minimum absolute atomic E-state index is 0.104. The number of benzene rings is 1. The molecule has 1 aliphatic rings. The van der Waals surface area contributed by atoms with Crippen LogP contribution in [0.2, 0.25) is 4.51 Å². The SMILES string of the molecule is Cc1ccc([S](=O)(=O)[Ru]([Cl])[CH]2C=CC=C2)cc1. The van der Waals surface area contributed by atoms with E-state index in [0.717, 1.165) is 5.56 Å². The fraction of sp³-hybridized carbons (Fsp3) is 0.167. The van der Waals surface area contributed by atoms with E-state index in [9.17, 15) is 8.42 Å². The molecule has 0 radical (unpaired) electrons. The van der Waals surface area contributed by atoms with Gasteiger partial charge in [0.2, 0.25) is 0 Å². The second kappa shape index (κ2) is 5.05. The number of aryl methyl sites for hydroxylation is 1. The van der Waals surface area contributed by atoms with Crippen LogP contribution < -0.4 is 0 Å². The summed E-state index contributed by atoms with van der Waals surface area (Å²) in [6.07, 6.45) is 7.41. The molecular weight excluding hydrogens is 345 g/mol. The third kappa shape index (κ3) is 2.70. The standard InChI is InChI=1S/C7H7O2S.C5H5.ClH.Ru/c1-6-2-4-7(5-3-6)10(8)9;1-2-4-5-3-1;;/h2-5H,1H3;1-5H;1H;/q;;;+1/p-1. The summed E-state index contributed by atoms with van der Waals surface area (Å²) in [4.78, 5) is 0.339. The van der Waals surface area contributed by atoms with E-state index in [-0.39, 0.29) is 4.51 Å². The summed E-state index contributed by atoms with van der Waals surface area (Å²) < 4.78 is 24.5. The van der Waals surface area contributed by atoms with Gasteiger partial charge < -0.3 is 0 Å². The molecule has 1 aromatic rings.